The van der Waals surface area contributed by atoms with E-state index in [1.165, 1.54) is 18.2 Å². The van der Waals surface area contributed by atoms with Crippen LogP contribution < -0.4 is 5.73 Å². The number of carbonyl (C=O) groups excluding carboxylic acids is 1. The van der Waals surface area contributed by atoms with Gasteiger partial charge in [-0.25, -0.2) is 4.39 Å². The molecule has 0 saturated heterocycles. The highest BCUT2D eigenvalue weighted by atomic mass is 35.5. The first-order chi connectivity index (χ1) is 6.56. The first kappa shape index (κ1) is 11.1. The summed E-state index contributed by atoms with van der Waals surface area (Å²) < 4.78 is 13.2. The largest absolute Gasteiger partial charge is 0.330 e. The van der Waals surface area contributed by atoms with Crippen LogP contribution in [-0.2, 0) is 0 Å². The van der Waals surface area contributed by atoms with E-state index in [9.17, 15) is 9.18 Å². The molecule has 4 heteroatoms. The van der Waals surface area contributed by atoms with Crippen molar-refractivity contribution in [2.75, 3.05) is 6.54 Å². The van der Waals surface area contributed by atoms with Crippen LogP contribution in [0.3, 0.4) is 0 Å². The first-order valence-electron chi connectivity index (χ1n) is 4.25. The lowest BCUT2D eigenvalue weighted by atomic mass is 9.99. The van der Waals surface area contributed by atoms with Crippen molar-refractivity contribution in [2.24, 2.45) is 11.7 Å². The number of ketones is 1. The van der Waals surface area contributed by atoms with Crippen LogP contribution in [0.4, 0.5) is 4.39 Å². The van der Waals surface area contributed by atoms with E-state index in [2.05, 4.69) is 0 Å². The lowest BCUT2D eigenvalue weighted by molar-refractivity contribution is 0.0930. The van der Waals surface area contributed by atoms with E-state index in [0.29, 0.717) is 5.02 Å². The van der Waals surface area contributed by atoms with Gasteiger partial charge in [-0.1, -0.05) is 18.5 Å². The van der Waals surface area contributed by atoms with Crippen LogP contribution in [0.25, 0.3) is 0 Å². The summed E-state index contributed by atoms with van der Waals surface area (Å²) >= 11 is 5.66. The molecule has 0 spiro atoms. The van der Waals surface area contributed by atoms with Crippen LogP contribution in [0.15, 0.2) is 18.2 Å². The van der Waals surface area contributed by atoms with E-state index in [1.807, 2.05) is 0 Å². The number of Topliss-reactive ketones (excluding diaryl/α,β-unsaturated/α-hetero) is 1. The molecular formula is C10H11ClFNO. The molecule has 0 bridgehead atoms. The van der Waals surface area contributed by atoms with Gasteiger partial charge in [-0.3, -0.25) is 4.79 Å². The highest BCUT2D eigenvalue weighted by Gasteiger charge is 2.17. The molecule has 76 valence electrons. The lowest BCUT2D eigenvalue weighted by Crippen LogP contribution is -2.21. The Morgan fingerprint density at radius 2 is 2.29 bits per heavy atom. The molecule has 2 N–H and O–H groups in total. The number of carbonyl (C=O) groups is 1. The Bertz CT molecular complexity index is 354. The van der Waals surface area contributed by atoms with E-state index >= 15 is 0 Å². The Morgan fingerprint density at radius 1 is 1.64 bits per heavy atom. The van der Waals surface area contributed by atoms with Gasteiger partial charge in [0.1, 0.15) is 5.82 Å². The fourth-order valence-corrected chi connectivity index (χ4v) is 1.23. The Morgan fingerprint density at radius 3 is 2.86 bits per heavy atom. The Labute approximate surface area is 86.9 Å². The number of hydrogen-bond donors (Lipinski definition) is 1. The second-order valence-corrected chi connectivity index (χ2v) is 3.56. The van der Waals surface area contributed by atoms with Crippen LogP contribution in [0, 0.1) is 11.7 Å². The van der Waals surface area contributed by atoms with Gasteiger partial charge >= 0.3 is 0 Å². The normalized spacial score (nSPS) is 12.6. The van der Waals surface area contributed by atoms with Crippen molar-refractivity contribution in [3.63, 3.8) is 0 Å². The monoisotopic (exact) mass is 215 g/mol. The molecule has 0 aliphatic rings. The topological polar surface area (TPSA) is 43.1 Å². The first-order valence-corrected chi connectivity index (χ1v) is 4.63. The minimum Gasteiger partial charge on any atom is -0.330 e. The summed E-state index contributed by atoms with van der Waals surface area (Å²) in [5, 5.41) is 0.346. The van der Waals surface area contributed by atoms with Crippen LogP contribution in [0.2, 0.25) is 5.02 Å². The average Bonchev–Trinajstić information content (AvgIpc) is 2.19. The maximum Gasteiger partial charge on any atom is 0.169 e. The van der Waals surface area contributed by atoms with Gasteiger partial charge in [0.2, 0.25) is 0 Å². The number of benzene rings is 1. The zero-order valence-corrected chi connectivity index (χ0v) is 8.51. The van der Waals surface area contributed by atoms with Crippen LogP contribution in [0.5, 0.6) is 0 Å². The Balaban J connectivity index is 3.06. The molecular weight excluding hydrogens is 205 g/mol. The predicted octanol–water partition coefficient (Wildman–Crippen LogP) is 2.26. The predicted molar refractivity (Wildman–Crippen MR) is 54.0 cm³/mol. The molecule has 14 heavy (non-hydrogen) atoms. The van der Waals surface area contributed by atoms with Gasteiger partial charge in [-0.2, -0.15) is 0 Å². The zero-order chi connectivity index (χ0) is 10.7. The van der Waals surface area contributed by atoms with Gasteiger partial charge in [0.25, 0.3) is 0 Å². The summed E-state index contributed by atoms with van der Waals surface area (Å²) in [6, 6.07) is 3.91. The molecule has 0 aromatic heterocycles. The molecule has 1 atom stereocenters. The zero-order valence-electron chi connectivity index (χ0n) is 7.76. The lowest BCUT2D eigenvalue weighted by Gasteiger charge is -2.08. The maximum atomic E-state index is 13.2. The number of halogens is 2. The van der Waals surface area contributed by atoms with Crippen molar-refractivity contribution < 1.29 is 9.18 Å². The number of rotatable bonds is 3. The van der Waals surface area contributed by atoms with Gasteiger partial charge in [0, 0.05) is 17.5 Å². The summed E-state index contributed by atoms with van der Waals surface area (Å²) in [6.45, 7) is 1.85. The van der Waals surface area contributed by atoms with Crippen LogP contribution in [-0.4, -0.2) is 12.3 Å². The van der Waals surface area contributed by atoms with Crippen molar-refractivity contribution in [3.8, 4) is 0 Å². The fourth-order valence-electron chi connectivity index (χ4n) is 1.06. The number of nitrogens with two attached hydrogens (primary N) is 1. The molecule has 0 saturated carbocycles. The summed E-state index contributed by atoms with van der Waals surface area (Å²) in [7, 11) is 0. The van der Waals surface area contributed by atoms with E-state index in [4.69, 9.17) is 17.3 Å². The van der Waals surface area contributed by atoms with Gasteiger partial charge < -0.3 is 5.73 Å². The third-order valence-electron chi connectivity index (χ3n) is 2.00. The average molecular weight is 216 g/mol. The van der Waals surface area contributed by atoms with E-state index in [0.717, 1.165) is 0 Å². The molecule has 2 nitrogen and oxygen atoms in total. The second kappa shape index (κ2) is 4.53. The highest BCUT2D eigenvalue weighted by Crippen LogP contribution is 2.17. The standard InChI is InChI=1S/C10H11ClFNO/c1-6(5-13)10(14)8-4-7(11)2-3-9(8)12/h2-4,6H,5,13H2,1H3. The van der Waals surface area contributed by atoms with Crippen molar-refractivity contribution in [3.05, 3.63) is 34.6 Å². The molecule has 1 unspecified atom stereocenters. The summed E-state index contributed by atoms with van der Waals surface area (Å²) in [4.78, 5) is 11.6. The molecule has 1 aromatic rings. The van der Waals surface area contributed by atoms with Gasteiger partial charge in [0.15, 0.2) is 5.78 Å². The highest BCUT2D eigenvalue weighted by molar-refractivity contribution is 6.31. The quantitative estimate of drug-likeness (QED) is 0.786. The van der Waals surface area contributed by atoms with E-state index in [-0.39, 0.29) is 23.8 Å². The molecule has 0 heterocycles. The second-order valence-electron chi connectivity index (χ2n) is 3.13. The van der Waals surface area contributed by atoms with Crippen molar-refractivity contribution in [1.29, 1.82) is 0 Å². The summed E-state index contributed by atoms with van der Waals surface area (Å²) in [5.74, 6) is -1.25. The minimum absolute atomic E-state index is 0.00968. The Hall–Kier alpha value is -0.930. The van der Waals surface area contributed by atoms with E-state index in [1.54, 1.807) is 6.92 Å². The molecule has 0 amide bonds. The summed E-state index contributed by atoms with van der Waals surface area (Å²) in [6.07, 6.45) is 0. The van der Waals surface area contributed by atoms with Crippen molar-refractivity contribution >= 4 is 17.4 Å². The number of hydrogen-bond acceptors (Lipinski definition) is 2. The molecule has 0 fully saturated rings. The fraction of sp³-hybridized carbons (Fsp3) is 0.300. The molecule has 1 rings (SSSR count). The third kappa shape index (κ3) is 2.30. The van der Waals surface area contributed by atoms with Gasteiger partial charge in [-0.05, 0) is 18.2 Å². The van der Waals surface area contributed by atoms with E-state index < -0.39 is 5.82 Å². The maximum absolute atomic E-state index is 13.2. The smallest absolute Gasteiger partial charge is 0.169 e. The minimum atomic E-state index is -0.556. The summed E-state index contributed by atoms with van der Waals surface area (Å²) in [5.41, 5.74) is 5.33. The van der Waals surface area contributed by atoms with Crippen LogP contribution in [0.1, 0.15) is 17.3 Å². The molecule has 0 aliphatic heterocycles. The molecule has 0 radical (unpaired) electrons. The van der Waals surface area contributed by atoms with Crippen LogP contribution >= 0.6 is 11.6 Å². The molecule has 0 aliphatic carbocycles. The van der Waals surface area contributed by atoms with Crippen molar-refractivity contribution in [1.82, 2.24) is 0 Å². The third-order valence-corrected chi connectivity index (χ3v) is 2.23. The Kier molecular flexibility index (Phi) is 3.61. The van der Waals surface area contributed by atoms with Gasteiger partial charge in [-0.15, -0.1) is 0 Å². The molecule has 1 aromatic carbocycles. The van der Waals surface area contributed by atoms with Crippen molar-refractivity contribution in [2.45, 2.75) is 6.92 Å². The SMILES string of the molecule is CC(CN)C(=O)c1cc(Cl)ccc1F. The van der Waals surface area contributed by atoms with Gasteiger partial charge in [0.05, 0.1) is 5.56 Å².